The molecule has 1 aromatic carbocycles. The number of esters is 1. The first kappa shape index (κ1) is 29.8. The maximum atomic E-state index is 12.9. The number of H-pyrrole nitrogens is 1. The van der Waals surface area contributed by atoms with Crippen molar-refractivity contribution in [3.63, 3.8) is 0 Å². The summed E-state index contributed by atoms with van der Waals surface area (Å²) in [5, 5.41) is 3.72. The van der Waals surface area contributed by atoms with Crippen molar-refractivity contribution < 1.29 is 19.0 Å². The minimum Gasteiger partial charge on any atom is -0.465 e. The maximum Gasteiger partial charge on any atom is 0.338 e. The Morgan fingerprint density at radius 2 is 1.87 bits per heavy atom. The van der Waals surface area contributed by atoms with Gasteiger partial charge >= 0.3 is 5.97 Å². The van der Waals surface area contributed by atoms with Crippen LogP contribution in [0.3, 0.4) is 0 Å². The third-order valence-electron chi connectivity index (χ3n) is 8.16. The Bertz CT molecular complexity index is 1290. The average Bonchev–Trinajstić information content (AvgIpc) is 3.29. The molecule has 0 saturated heterocycles. The van der Waals surface area contributed by atoms with E-state index in [0.717, 1.165) is 36.3 Å². The number of carbonyl (C=O) groups is 1. The summed E-state index contributed by atoms with van der Waals surface area (Å²) in [6.45, 7) is 6.60. The number of nitrogens with zero attached hydrogens (tertiary/aromatic N) is 1. The zero-order valence-electron chi connectivity index (χ0n) is 24.0. The Morgan fingerprint density at radius 1 is 1.21 bits per heavy atom. The van der Waals surface area contributed by atoms with Crippen molar-refractivity contribution in [3.8, 4) is 11.5 Å². The Balaban J connectivity index is 1.55. The molecule has 2 aliphatic rings. The first-order valence-electron chi connectivity index (χ1n) is 13.5. The lowest BCUT2D eigenvalue weighted by Gasteiger charge is -2.39. The van der Waals surface area contributed by atoms with Crippen LogP contribution in [-0.2, 0) is 17.7 Å². The number of rotatable bonds is 9. The minimum atomic E-state index is -0.848. The average molecular weight is 578 g/mol. The van der Waals surface area contributed by atoms with Gasteiger partial charge in [-0.3, -0.25) is 4.79 Å². The van der Waals surface area contributed by atoms with Gasteiger partial charge in [0.1, 0.15) is 0 Å². The highest BCUT2D eigenvalue weighted by atomic mass is 35.5. The van der Waals surface area contributed by atoms with E-state index in [4.69, 9.17) is 25.8 Å². The molecular formula is C29H40ClN3O5S. The third-order valence-corrected chi connectivity index (χ3v) is 9.36. The van der Waals surface area contributed by atoms with Crippen molar-refractivity contribution in [2.45, 2.75) is 76.1 Å². The molecule has 1 aliphatic heterocycles. The second kappa shape index (κ2) is 12.1. The number of hydrogen-bond acceptors (Lipinski definition) is 8. The maximum absolute atomic E-state index is 12.9. The van der Waals surface area contributed by atoms with E-state index in [9.17, 15) is 9.59 Å². The molecule has 1 aliphatic carbocycles. The van der Waals surface area contributed by atoms with E-state index in [1.165, 1.54) is 7.11 Å². The van der Waals surface area contributed by atoms with Crippen LogP contribution < -0.4 is 20.3 Å². The van der Waals surface area contributed by atoms with Crippen LogP contribution in [0.2, 0.25) is 5.02 Å². The van der Waals surface area contributed by atoms with Crippen molar-refractivity contribution in [3.05, 3.63) is 49.4 Å². The molecule has 214 valence electrons. The summed E-state index contributed by atoms with van der Waals surface area (Å²) >= 11 is 8.49. The predicted octanol–water partition coefficient (Wildman–Crippen LogP) is 5.09. The van der Waals surface area contributed by atoms with E-state index >= 15 is 0 Å². The summed E-state index contributed by atoms with van der Waals surface area (Å²) in [7, 11) is 5.61. The number of halogens is 1. The molecule has 1 aromatic heterocycles. The number of ether oxygens (including phenoxy) is 3. The number of aryl methyl sites for hydroxylation is 1. The minimum absolute atomic E-state index is 0.0991. The molecule has 8 nitrogen and oxygen atoms in total. The molecule has 0 radical (unpaired) electrons. The van der Waals surface area contributed by atoms with Crippen molar-refractivity contribution in [2.24, 2.45) is 5.92 Å². The Kier molecular flexibility index (Phi) is 9.26. The molecule has 10 heteroatoms. The van der Waals surface area contributed by atoms with Crippen molar-refractivity contribution in [2.75, 3.05) is 34.0 Å². The van der Waals surface area contributed by atoms with Gasteiger partial charge in [0.05, 0.1) is 17.7 Å². The first-order chi connectivity index (χ1) is 18.5. The number of carbonyl (C=O) groups excluding carboxylic acids is 1. The number of nitrogens with one attached hydrogen (secondary N) is 2. The summed E-state index contributed by atoms with van der Waals surface area (Å²) in [5.74, 6) is -0.0882. The summed E-state index contributed by atoms with van der Waals surface area (Å²) < 4.78 is 18.1. The monoisotopic (exact) mass is 577 g/mol. The number of hydrogen-bond donors (Lipinski definition) is 2. The number of pyridine rings is 1. The fourth-order valence-electron chi connectivity index (χ4n) is 5.86. The van der Waals surface area contributed by atoms with Gasteiger partial charge in [0, 0.05) is 47.1 Å². The quantitative estimate of drug-likeness (QED) is 0.242. The van der Waals surface area contributed by atoms with Crippen LogP contribution in [-0.4, -0.2) is 61.7 Å². The van der Waals surface area contributed by atoms with E-state index in [2.05, 4.69) is 29.3 Å². The Morgan fingerprint density at radius 3 is 2.49 bits per heavy atom. The molecule has 0 bridgehead atoms. The number of benzene rings is 1. The zero-order chi connectivity index (χ0) is 28.5. The number of aromatic amines is 1. The second-order valence-electron chi connectivity index (χ2n) is 10.9. The highest BCUT2D eigenvalue weighted by Gasteiger charge is 2.48. The molecular weight excluding hydrogens is 538 g/mol. The van der Waals surface area contributed by atoms with Crippen LogP contribution >= 0.6 is 23.4 Å². The smallest absolute Gasteiger partial charge is 0.338 e. The molecule has 1 fully saturated rings. The van der Waals surface area contributed by atoms with Gasteiger partial charge in [-0.1, -0.05) is 11.6 Å². The topological polar surface area (TPSA) is 92.9 Å². The third kappa shape index (κ3) is 5.97. The summed E-state index contributed by atoms with van der Waals surface area (Å²) in [6, 6.07) is 2.53. The number of fused-ring (bicyclic) bond motifs is 1. The molecule has 1 atom stereocenters. The van der Waals surface area contributed by atoms with Crippen molar-refractivity contribution in [1.82, 2.24) is 15.2 Å². The van der Waals surface area contributed by atoms with Gasteiger partial charge < -0.3 is 29.4 Å². The van der Waals surface area contributed by atoms with Gasteiger partial charge in [0.25, 0.3) is 11.3 Å². The van der Waals surface area contributed by atoms with E-state index in [0.29, 0.717) is 64.3 Å². The lowest BCUT2D eigenvalue weighted by molar-refractivity contribution is -0.123. The Labute approximate surface area is 240 Å². The standard InChI is InChI=1S/C29H40ClN3O5S/c1-16-14-22(39-7)21(27(34)32-16)15-31-13-12-20-23(28(35)36-6)17(2)25-26(24(20)30)38-29(3,37-25)18-8-10-19(11-9-18)33(4)5/h14,18-19,31H,8-13,15H2,1-7H3,(H,32,34)/t18-,19-,29?. The largest absolute Gasteiger partial charge is 0.465 e. The lowest BCUT2D eigenvalue weighted by Crippen LogP contribution is -2.46. The van der Waals surface area contributed by atoms with Gasteiger partial charge in [-0.15, -0.1) is 11.8 Å². The molecule has 39 heavy (non-hydrogen) atoms. The normalized spacial score (nSPS) is 22.4. The lowest BCUT2D eigenvalue weighted by atomic mass is 9.81. The van der Waals surface area contributed by atoms with Crippen LogP contribution in [0.5, 0.6) is 11.5 Å². The summed E-state index contributed by atoms with van der Waals surface area (Å²) in [4.78, 5) is 31.5. The van der Waals surface area contributed by atoms with E-state index in [-0.39, 0.29) is 11.5 Å². The summed E-state index contributed by atoms with van der Waals surface area (Å²) in [5.41, 5.74) is 3.15. The highest BCUT2D eigenvalue weighted by Crippen LogP contribution is 2.53. The van der Waals surface area contributed by atoms with Crippen molar-refractivity contribution in [1.29, 1.82) is 0 Å². The van der Waals surface area contributed by atoms with E-state index < -0.39 is 11.8 Å². The fraction of sp³-hybridized carbons (Fsp3) is 0.586. The fourth-order valence-corrected chi connectivity index (χ4v) is 6.88. The van der Waals surface area contributed by atoms with Gasteiger partial charge in [-0.05, 0) is 84.5 Å². The van der Waals surface area contributed by atoms with Crippen molar-refractivity contribution >= 4 is 29.3 Å². The molecule has 0 spiro atoms. The predicted molar refractivity (Wildman–Crippen MR) is 156 cm³/mol. The number of thioether (sulfide) groups is 1. The van der Waals surface area contributed by atoms with E-state index in [1.54, 1.807) is 11.8 Å². The second-order valence-corrected chi connectivity index (χ2v) is 12.1. The SMILES string of the molecule is COC(=O)c1c(C)c2c(c(Cl)c1CCNCc1c(SC)cc(C)[nH]c1=O)OC(C)([C@H]1CC[C@H](N(C)C)CC1)O2. The first-order valence-corrected chi connectivity index (χ1v) is 15.1. The van der Waals surface area contributed by atoms with Crippen LogP contribution in [0.15, 0.2) is 15.8 Å². The Hall–Kier alpha value is -2.20. The molecule has 1 unspecified atom stereocenters. The van der Waals surface area contributed by atoms with E-state index in [1.807, 2.05) is 33.1 Å². The zero-order valence-corrected chi connectivity index (χ0v) is 25.5. The van der Waals surface area contributed by atoms with Gasteiger partial charge in [0.15, 0.2) is 11.5 Å². The van der Waals surface area contributed by atoms with Crippen LogP contribution in [0, 0.1) is 19.8 Å². The molecule has 2 N–H and O–H groups in total. The number of aromatic nitrogens is 1. The molecule has 4 rings (SSSR count). The van der Waals surface area contributed by atoms with Gasteiger partial charge in [-0.25, -0.2) is 4.79 Å². The molecule has 2 aromatic rings. The number of methoxy groups -OCH3 is 1. The van der Waals surface area contributed by atoms with Gasteiger partial charge in [0.2, 0.25) is 0 Å². The van der Waals surface area contributed by atoms with Crippen LogP contribution in [0.25, 0.3) is 0 Å². The summed E-state index contributed by atoms with van der Waals surface area (Å²) in [6.07, 6.45) is 6.54. The molecule has 0 amide bonds. The highest BCUT2D eigenvalue weighted by molar-refractivity contribution is 7.98. The molecule has 1 saturated carbocycles. The van der Waals surface area contributed by atoms with Crippen LogP contribution in [0.4, 0.5) is 0 Å². The van der Waals surface area contributed by atoms with Gasteiger partial charge in [-0.2, -0.15) is 0 Å². The molecule has 2 heterocycles. The van der Waals surface area contributed by atoms with Crippen LogP contribution in [0.1, 0.15) is 65.3 Å².